The standard InChI is InChI=1S/C18H20FNO/c1-18(2)10-13-8-12(4-7-17(13)21-18)16-6-5-15(19)9-14(16)11-20-3/h4-9,20H,10-11H2,1-3H3. The summed E-state index contributed by atoms with van der Waals surface area (Å²) in [5, 5.41) is 3.10. The predicted molar refractivity (Wildman–Crippen MR) is 83.0 cm³/mol. The predicted octanol–water partition coefficient (Wildman–Crippen LogP) is 3.93. The molecule has 0 saturated heterocycles. The summed E-state index contributed by atoms with van der Waals surface area (Å²) >= 11 is 0. The van der Waals surface area contributed by atoms with Crippen LogP contribution in [-0.4, -0.2) is 12.6 Å². The lowest BCUT2D eigenvalue weighted by Gasteiger charge is -2.16. The van der Waals surface area contributed by atoms with Crippen molar-refractivity contribution >= 4 is 0 Å². The van der Waals surface area contributed by atoms with Gasteiger partial charge in [0.1, 0.15) is 17.2 Å². The van der Waals surface area contributed by atoms with Crippen LogP contribution in [0.4, 0.5) is 4.39 Å². The van der Waals surface area contributed by atoms with Crippen molar-refractivity contribution in [3.05, 3.63) is 53.3 Å². The first kappa shape index (κ1) is 14.1. The Morgan fingerprint density at radius 2 is 2.00 bits per heavy atom. The molecule has 2 aromatic carbocycles. The fourth-order valence-corrected chi connectivity index (χ4v) is 2.96. The van der Waals surface area contributed by atoms with Crippen LogP contribution in [0.5, 0.6) is 5.75 Å². The highest BCUT2D eigenvalue weighted by Crippen LogP contribution is 2.38. The summed E-state index contributed by atoms with van der Waals surface area (Å²) in [5.41, 5.74) is 4.23. The number of benzene rings is 2. The highest BCUT2D eigenvalue weighted by Gasteiger charge is 2.30. The molecule has 0 bridgehead atoms. The lowest BCUT2D eigenvalue weighted by molar-refractivity contribution is 0.138. The topological polar surface area (TPSA) is 21.3 Å². The van der Waals surface area contributed by atoms with Crippen molar-refractivity contribution in [1.82, 2.24) is 5.32 Å². The van der Waals surface area contributed by atoms with Crippen LogP contribution in [-0.2, 0) is 13.0 Å². The Morgan fingerprint density at radius 3 is 2.76 bits per heavy atom. The minimum atomic E-state index is -0.199. The molecule has 3 heteroatoms. The van der Waals surface area contributed by atoms with Crippen molar-refractivity contribution in [1.29, 1.82) is 0 Å². The van der Waals surface area contributed by atoms with Gasteiger partial charge in [-0.15, -0.1) is 0 Å². The Balaban J connectivity index is 2.03. The summed E-state index contributed by atoms with van der Waals surface area (Å²) < 4.78 is 19.4. The van der Waals surface area contributed by atoms with Gasteiger partial charge < -0.3 is 10.1 Å². The monoisotopic (exact) mass is 285 g/mol. The van der Waals surface area contributed by atoms with Gasteiger partial charge in [-0.05, 0) is 67.4 Å². The molecule has 1 aliphatic rings. The molecule has 3 rings (SSSR count). The van der Waals surface area contributed by atoms with Crippen LogP contribution in [0.25, 0.3) is 11.1 Å². The van der Waals surface area contributed by atoms with Gasteiger partial charge in [0.2, 0.25) is 0 Å². The molecule has 0 saturated carbocycles. The third kappa shape index (κ3) is 2.79. The third-order valence-electron chi connectivity index (χ3n) is 3.81. The van der Waals surface area contributed by atoms with Crippen molar-refractivity contribution in [3.8, 4) is 16.9 Å². The molecule has 0 aliphatic carbocycles. The first-order valence-electron chi connectivity index (χ1n) is 7.24. The second-order valence-electron chi connectivity index (χ2n) is 6.19. The van der Waals surface area contributed by atoms with E-state index in [1.165, 1.54) is 11.6 Å². The van der Waals surface area contributed by atoms with Crippen LogP contribution in [0.3, 0.4) is 0 Å². The minimum Gasteiger partial charge on any atom is -0.487 e. The van der Waals surface area contributed by atoms with Crippen LogP contribution < -0.4 is 10.1 Å². The van der Waals surface area contributed by atoms with Crippen LogP contribution >= 0.6 is 0 Å². The molecule has 1 N–H and O–H groups in total. The van der Waals surface area contributed by atoms with Gasteiger partial charge in [-0.1, -0.05) is 12.1 Å². The average Bonchev–Trinajstić information content (AvgIpc) is 2.72. The maximum atomic E-state index is 13.5. The normalized spacial score (nSPS) is 15.6. The van der Waals surface area contributed by atoms with Gasteiger partial charge in [0.05, 0.1) is 0 Å². The molecular formula is C18H20FNO. The fraction of sp³-hybridized carbons (Fsp3) is 0.333. The van der Waals surface area contributed by atoms with E-state index in [1.54, 1.807) is 6.07 Å². The lowest BCUT2D eigenvalue weighted by atomic mass is 9.95. The van der Waals surface area contributed by atoms with E-state index in [9.17, 15) is 4.39 Å². The largest absolute Gasteiger partial charge is 0.487 e. The summed E-state index contributed by atoms with van der Waals surface area (Å²) in [6.45, 7) is 4.83. The lowest BCUT2D eigenvalue weighted by Crippen LogP contribution is -2.24. The van der Waals surface area contributed by atoms with Crippen molar-refractivity contribution in [3.63, 3.8) is 0 Å². The smallest absolute Gasteiger partial charge is 0.123 e. The van der Waals surface area contributed by atoms with Crippen molar-refractivity contribution < 1.29 is 9.13 Å². The SMILES string of the molecule is CNCc1cc(F)ccc1-c1ccc2c(c1)CC(C)(C)O2. The van der Waals surface area contributed by atoms with Crippen LogP contribution in [0.2, 0.25) is 0 Å². The summed E-state index contributed by atoms with van der Waals surface area (Å²) in [6.07, 6.45) is 0.902. The molecule has 1 aliphatic heterocycles. The minimum absolute atomic E-state index is 0.141. The van der Waals surface area contributed by atoms with E-state index in [2.05, 4.69) is 25.2 Å². The molecule has 1 heterocycles. The van der Waals surface area contributed by atoms with E-state index < -0.39 is 0 Å². The molecule has 0 aromatic heterocycles. The molecule has 0 amide bonds. The maximum Gasteiger partial charge on any atom is 0.123 e. The molecule has 0 fully saturated rings. The van der Waals surface area contributed by atoms with Crippen molar-refractivity contribution in [2.75, 3.05) is 7.05 Å². The van der Waals surface area contributed by atoms with E-state index >= 15 is 0 Å². The van der Waals surface area contributed by atoms with Crippen molar-refractivity contribution in [2.45, 2.75) is 32.4 Å². The quantitative estimate of drug-likeness (QED) is 0.922. The number of hydrogen-bond acceptors (Lipinski definition) is 2. The average molecular weight is 285 g/mol. The van der Waals surface area contributed by atoms with E-state index in [1.807, 2.05) is 25.2 Å². The fourth-order valence-electron chi connectivity index (χ4n) is 2.96. The molecule has 21 heavy (non-hydrogen) atoms. The van der Waals surface area contributed by atoms with Gasteiger partial charge in [0.15, 0.2) is 0 Å². The molecule has 0 spiro atoms. The zero-order valence-electron chi connectivity index (χ0n) is 12.7. The zero-order chi connectivity index (χ0) is 15.0. The molecule has 2 nitrogen and oxygen atoms in total. The Morgan fingerprint density at radius 1 is 1.19 bits per heavy atom. The third-order valence-corrected chi connectivity index (χ3v) is 3.81. The molecule has 0 unspecified atom stereocenters. The van der Waals surface area contributed by atoms with E-state index in [-0.39, 0.29) is 11.4 Å². The summed E-state index contributed by atoms with van der Waals surface area (Å²) in [7, 11) is 1.87. The Hall–Kier alpha value is -1.87. The van der Waals surface area contributed by atoms with Gasteiger partial charge in [0, 0.05) is 13.0 Å². The number of ether oxygens (including phenoxy) is 1. The zero-order valence-corrected chi connectivity index (χ0v) is 12.7. The number of hydrogen-bond donors (Lipinski definition) is 1. The van der Waals surface area contributed by atoms with E-state index in [0.717, 1.165) is 28.9 Å². The molecule has 110 valence electrons. The van der Waals surface area contributed by atoms with Gasteiger partial charge in [-0.3, -0.25) is 0 Å². The second kappa shape index (κ2) is 5.15. The number of fused-ring (bicyclic) bond motifs is 1. The first-order chi connectivity index (χ1) is 9.98. The summed E-state index contributed by atoms with van der Waals surface area (Å²) in [4.78, 5) is 0. The second-order valence-corrected chi connectivity index (χ2v) is 6.19. The summed E-state index contributed by atoms with van der Waals surface area (Å²) in [5.74, 6) is 0.760. The molecule has 0 radical (unpaired) electrons. The van der Waals surface area contributed by atoms with Crippen LogP contribution in [0, 0.1) is 5.82 Å². The summed E-state index contributed by atoms with van der Waals surface area (Å²) in [6, 6.07) is 11.2. The number of halogens is 1. The van der Waals surface area contributed by atoms with E-state index in [4.69, 9.17) is 4.74 Å². The van der Waals surface area contributed by atoms with Crippen LogP contribution in [0.1, 0.15) is 25.0 Å². The van der Waals surface area contributed by atoms with Gasteiger partial charge in [0.25, 0.3) is 0 Å². The molecule has 0 atom stereocenters. The Labute approximate surface area is 125 Å². The number of rotatable bonds is 3. The van der Waals surface area contributed by atoms with Gasteiger partial charge in [-0.25, -0.2) is 4.39 Å². The Kier molecular flexibility index (Phi) is 3.46. The van der Waals surface area contributed by atoms with E-state index in [0.29, 0.717) is 6.54 Å². The van der Waals surface area contributed by atoms with Gasteiger partial charge >= 0.3 is 0 Å². The molecule has 2 aromatic rings. The Bertz CT molecular complexity index is 679. The maximum absolute atomic E-state index is 13.5. The number of nitrogens with one attached hydrogen (secondary N) is 1. The molecular weight excluding hydrogens is 265 g/mol. The van der Waals surface area contributed by atoms with Crippen molar-refractivity contribution in [2.24, 2.45) is 0 Å². The highest BCUT2D eigenvalue weighted by molar-refractivity contribution is 5.69. The van der Waals surface area contributed by atoms with Gasteiger partial charge in [-0.2, -0.15) is 0 Å². The highest BCUT2D eigenvalue weighted by atomic mass is 19.1. The first-order valence-corrected chi connectivity index (χ1v) is 7.24. The van der Waals surface area contributed by atoms with Crippen LogP contribution in [0.15, 0.2) is 36.4 Å².